The van der Waals surface area contributed by atoms with Crippen LogP contribution >= 0.6 is 11.6 Å². The number of oxazole rings is 1. The molecule has 0 unspecified atom stereocenters. The van der Waals surface area contributed by atoms with Crippen LogP contribution in [0.1, 0.15) is 16.4 Å². The number of aromatic nitrogens is 1. The van der Waals surface area contributed by atoms with Gasteiger partial charge in [-0.05, 0) is 30.3 Å². The van der Waals surface area contributed by atoms with Gasteiger partial charge in [-0.1, -0.05) is 35.9 Å². The first-order valence-electron chi connectivity index (χ1n) is 9.21. The number of amides is 1. The van der Waals surface area contributed by atoms with Crippen molar-refractivity contribution in [2.24, 2.45) is 0 Å². The van der Waals surface area contributed by atoms with E-state index in [9.17, 15) is 4.79 Å². The van der Waals surface area contributed by atoms with Gasteiger partial charge in [0.15, 0.2) is 5.69 Å². The van der Waals surface area contributed by atoms with Crippen LogP contribution in [0, 0.1) is 0 Å². The smallest absolute Gasteiger partial charge is 0.277 e. The quantitative estimate of drug-likeness (QED) is 0.708. The number of halogens is 1. The van der Waals surface area contributed by atoms with Crippen molar-refractivity contribution in [3.05, 3.63) is 77.5 Å². The largest absolute Gasteiger partial charge is 0.447 e. The molecule has 3 aromatic rings. The van der Waals surface area contributed by atoms with Crippen LogP contribution in [0.2, 0.25) is 5.02 Å². The Morgan fingerprint density at radius 1 is 1.07 bits per heavy atom. The van der Waals surface area contributed by atoms with E-state index in [1.165, 1.54) is 6.26 Å². The van der Waals surface area contributed by atoms with Gasteiger partial charge in [0.25, 0.3) is 5.91 Å². The highest BCUT2D eigenvalue weighted by molar-refractivity contribution is 6.30. The van der Waals surface area contributed by atoms with Crippen LogP contribution in [-0.4, -0.2) is 42.0 Å². The molecule has 0 spiro atoms. The topological polar surface area (TPSA) is 61.6 Å². The van der Waals surface area contributed by atoms with Gasteiger partial charge in [-0.25, -0.2) is 4.98 Å². The predicted octanol–water partition coefficient (Wildman–Crippen LogP) is 3.90. The fraction of sp³-hybridized carbons (Fsp3) is 0.238. The minimum absolute atomic E-state index is 0.271. The molecule has 2 aromatic carbocycles. The average Bonchev–Trinajstić information content (AvgIpc) is 3.18. The number of hydrogen-bond donors (Lipinski definition) is 1. The summed E-state index contributed by atoms with van der Waals surface area (Å²) in [7, 11) is 0. The number of carbonyl (C=O) groups excluding carboxylic acids is 1. The highest BCUT2D eigenvalue weighted by Gasteiger charge is 2.20. The number of anilines is 2. The zero-order chi connectivity index (χ0) is 19.3. The molecule has 1 amide bonds. The van der Waals surface area contributed by atoms with Crippen molar-refractivity contribution >= 4 is 28.9 Å². The normalized spacial score (nSPS) is 14.8. The molecule has 2 heterocycles. The van der Waals surface area contributed by atoms with E-state index < -0.39 is 0 Å². The van der Waals surface area contributed by atoms with E-state index in [-0.39, 0.29) is 11.6 Å². The summed E-state index contributed by atoms with van der Waals surface area (Å²) in [5.41, 5.74) is 2.16. The molecule has 1 saturated heterocycles. The minimum Gasteiger partial charge on any atom is -0.447 e. The van der Waals surface area contributed by atoms with Gasteiger partial charge in [0, 0.05) is 42.6 Å². The Morgan fingerprint density at radius 2 is 1.86 bits per heavy atom. The first kappa shape index (κ1) is 18.5. The second-order valence-electron chi connectivity index (χ2n) is 6.69. The Balaban J connectivity index is 1.30. The summed E-state index contributed by atoms with van der Waals surface area (Å²) in [4.78, 5) is 21.2. The molecule has 6 nitrogen and oxygen atoms in total. The van der Waals surface area contributed by atoms with Gasteiger partial charge < -0.3 is 14.6 Å². The maximum atomic E-state index is 12.3. The maximum Gasteiger partial charge on any atom is 0.277 e. The number of hydrogen-bond acceptors (Lipinski definition) is 5. The second kappa shape index (κ2) is 8.46. The Labute approximate surface area is 168 Å². The maximum absolute atomic E-state index is 12.3. The van der Waals surface area contributed by atoms with Gasteiger partial charge in [0.1, 0.15) is 6.26 Å². The molecule has 1 N–H and O–H groups in total. The SMILES string of the molecule is O=C(Nc1ccccc1)c1coc(CN2CCN(c3cccc(Cl)c3)CC2)n1. The van der Waals surface area contributed by atoms with Crippen molar-refractivity contribution in [1.82, 2.24) is 9.88 Å². The summed E-state index contributed by atoms with van der Waals surface area (Å²) in [6.07, 6.45) is 1.41. The summed E-state index contributed by atoms with van der Waals surface area (Å²) in [5, 5.41) is 3.56. The molecule has 28 heavy (non-hydrogen) atoms. The highest BCUT2D eigenvalue weighted by Crippen LogP contribution is 2.21. The summed E-state index contributed by atoms with van der Waals surface area (Å²) < 4.78 is 5.51. The van der Waals surface area contributed by atoms with Crippen molar-refractivity contribution in [3.63, 3.8) is 0 Å². The van der Waals surface area contributed by atoms with Gasteiger partial charge in [0.2, 0.25) is 5.89 Å². The molecule has 0 aliphatic carbocycles. The molecule has 7 heteroatoms. The number of nitrogens with one attached hydrogen (secondary N) is 1. The molecule has 1 fully saturated rings. The van der Waals surface area contributed by atoms with E-state index in [4.69, 9.17) is 16.0 Å². The third-order valence-corrected chi connectivity index (χ3v) is 4.96. The zero-order valence-corrected chi connectivity index (χ0v) is 16.1. The zero-order valence-electron chi connectivity index (χ0n) is 15.3. The predicted molar refractivity (Wildman–Crippen MR) is 110 cm³/mol. The van der Waals surface area contributed by atoms with Crippen LogP contribution in [0.25, 0.3) is 0 Å². The Hall–Kier alpha value is -2.83. The fourth-order valence-electron chi connectivity index (χ4n) is 3.23. The van der Waals surface area contributed by atoms with Crippen LogP contribution in [0.15, 0.2) is 65.3 Å². The van der Waals surface area contributed by atoms with Crippen LogP contribution in [0.5, 0.6) is 0 Å². The van der Waals surface area contributed by atoms with Crippen molar-refractivity contribution in [1.29, 1.82) is 0 Å². The first-order valence-corrected chi connectivity index (χ1v) is 9.59. The fourth-order valence-corrected chi connectivity index (χ4v) is 3.42. The molecule has 1 aliphatic heterocycles. The van der Waals surface area contributed by atoms with Crippen molar-refractivity contribution in [2.45, 2.75) is 6.54 Å². The Bertz CT molecular complexity index is 936. The summed E-state index contributed by atoms with van der Waals surface area (Å²) in [6.45, 7) is 4.17. The number of benzene rings is 2. The lowest BCUT2D eigenvalue weighted by molar-refractivity contribution is 0.102. The van der Waals surface area contributed by atoms with Gasteiger partial charge in [-0.15, -0.1) is 0 Å². The van der Waals surface area contributed by atoms with E-state index in [0.717, 1.165) is 42.6 Å². The average molecular weight is 397 g/mol. The van der Waals surface area contributed by atoms with Crippen molar-refractivity contribution in [2.75, 3.05) is 36.4 Å². The van der Waals surface area contributed by atoms with Crippen LogP contribution < -0.4 is 10.2 Å². The molecule has 0 saturated carbocycles. The van der Waals surface area contributed by atoms with Gasteiger partial charge >= 0.3 is 0 Å². The lowest BCUT2D eigenvalue weighted by Crippen LogP contribution is -2.46. The monoisotopic (exact) mass is 396 g/mol. The van der Waals surface area contributed by atoms with E-state index >= 15 is 0 Å². The van der Waals surface area contributed by atoms with Crippen LogP contribution in [0.4, 0.5) is 11.4 Å². The number of para-hydroxylation sites is 1. The number of piperazine rings is 1. The lowest BCUT2D eigenvalue weighted by Gasteiger charge is -2.35. The van der Waals surface area contributed by atoms with Gasteiger partial charge in [-0.2, -0.15) is 0 Å². The van der Waals surface area contributed by atoms with Gasteiger partial charge in [0.05, 0.1) is 6.54 Å². The highest BCUT2D eigenvalue weighted by atomic mass is 35.5. The van der Waals surface area contributed by atoms with Crippen molar-refractivity contribution < 1.29 is 9.21 Å². The summed E-state index contributed by atoms with van der Waals surface area (Å²) in [5.74, 6) is 0.279. The standard InChI is InChI=1S/C21H21ClN4O2/c22-16-5-4-8-18(13-16)26-11-9-25(10-12-26)14-20-24-19(15-28-20)21(27)23-17-6-2-1-3-7-17/h1-8,13,15H,9-12,14H2,(H,23,27). The summed E-state index contributed by atoms with van der Waals surface area (Å²) in [6, 6.07) is 17.2. The van der Waals surface area contributed by atoms with Crippen molar-refractivity contribution in [3.8, 4) is 0 Å². The third kappa shape index (κ3) is 4.52. The molecule has 0 radical (unpaired) electrons. The van der Waals surface area contributed by atoms with E-state index in [0.29, 0.717) is 12.4 Å². The molecule has 144 valence electrons. The van der Waals surface area contributed by atoms with E-state index in [1.807, 2.05) is 48.5 Å². The molecular weight excluding hydrogens is 376 g/mol. The molecule has 0 atom stereocenters. The minimum atomic E-state index is -0.271. The lowest BCUT2D eigenvalue weighted by atomic mass is 10.2. The number of carbonyl (C=O) groups is 1. The van der Waals surface area contributed by atoms with Gasteiger partial charge in [-0.3, -0.25) is 9.69 Å². The first-order chi connectivity index (χ1) is 13.7. The molecule has 0 bridgehead atoms. The second-order valence-corrected chi connectivity index (χ2v) is 7.13. The van der Waals surface area contributed by atoms with Crippen LogP contribution in [-0.2, 0) is 6.54 Å². The Kier molecular flexibility index (Phi) is 5.60. The van der Waals surface area contributed by atoms with Crippen LogP contribution in [0.3, 0.4) is 0 Å². The third-order valence-electron chi connectivity index (χ3n) is 4.72. The van der Waals surface area contributed by atoms with E-state index in [1.54, 1.807) is 0 Å². The molecule has 1 aliphatic rings. The molecular formula is C21H21ClN4O2. The Morgan fingerprint density at radius 3 is 2.61 bits per heavy atom. The molecule has 1 aromatic heterocycles. The molecule has 4 rings (SSSR count). The number of rotatable bonds is 5. The van der Waals surface area contributed by atoms with E-state index in [2.05, 4.69) is 26.2 Å². The summed E-state index contributed by atoms with van der Waals surface area (Å²) >= 11 is 6.09. The number of nitrogens with zero attached hydrogens (tertiary/aromatic N) is 3.